The molecule has 0 aliphatic rings. The third-order valence-corrected chi connectivity index (χ3v) is 3.10. The number of hydrogen-bond donors (Lipinski definition) is 2. The fraction of sp³-hybridized carbons (Fsp3) is 0.133. The van der Waals surface area contributed by atoms with Crippen molar-refractivity contribution in [2.75, 3.05) is 0 Å². The first-order valence-electron chi connectivity index (χ1n) is 6.03. The lowest BCUT2D eigenvalue weighted by Crippen LogP contribution is -2.14. The van der Waals surface area contributed by atoms with Crippen molar-refractivity contribution in [3.63, 3.8) is 0 Å². The lowest BCUT2D eigenvalue weighted by atomic mass is 10.1. The molecule has 0 unspecified atom stereocenters. The van der Waals surface area contributed by atoms with E-state index in [0.29, 0.717) is 17.1 Å². The first kappa shape index (κ1) is 14.5. The fourth-order valence-electron chi connectivity index (χ4n) is 1.79. The second-order valence-electron chi connectivity index (χ2n) is 4.34. The van der Waals surface area contributed by atoms with Gasteiger partial charge in [-0.05, 0) is 35.9 Å². The summed E-state index contributed by atoms with van der Waals surface area (Å²) in [6.07, 6.45) is 0. The van der Waals surface area contributed by atoms with Gasteiger partial charge in [0.15, 0.2) is 0 Å². The number of aromatic carboxylic acids is 1. The summed E-state index contributed by atoms with van der Waals surface area (Å²) >= 11 is 5.78. The molecule has 0 atom stereocenters. The number of hydrogen-bond acceptors (Lipinski definition) is 2. The molecule has 0 saturated carbocycles. The summed E-state index contributed by atoms with van der Waals surface area (Å²) in [5.41, 5.74) is 1.43. The molecule has 2 N–H and O–H groups in total. The van der Waals surface area contributed by atoms with Gasteiger partial charge >= 0.3 is 5.97 Å². The fourth-order valence-corrected chi connectivity index (χ4v) is 1.91. The van der Waals surface area contributed by atoms with E-state index in [1.54, 1.807) is 12.1 Å². The quantitative estimate of drug-likeness (QED) is 0.887. The molecule has 2 rings (SSSR count). The van der Waals surface area contributed by atoms with Crippen molar-refractivity contribution >= 4 is 17.6 Å². The Morgan fingerprint density at radius 2 is 1.85 bits per heavy atom. The molecule has 0 spiro atoms. The summed E-state index contributed by atoms with van der Waals surface area (Å²) in [6, 6.07) is 11.1. The highest BCUT2D eigenvalue weighted by atomic mass is 35.5. The standard InChI is InChI=1S/C15H13ClFNO2/c16-13-4-1-10(2-5-13)8-18-9-12-7-11(15(19)20)3-6-14(12)17/h1-7,18H,8-9H2,(H,19,20). The van der Waals surface area contributed by atoms with Crippen LogP contribution in [0.4, 0.5) is 4.39 Å². The second kappa shape index (κ2) is 6.50. The van der Waals surface area contributed by atoms with Gasteiger partial charge in [0.05, 0.1) is 5.56 Å². The van der Waals surface area contributed by atoms with Gasteiger partial charge in [-0.2, -0.15) is 0 Å². The number of carbonyl (C=O) groups is 1. The second-order valence-corrected chi connectivity index (χ2v) is 4.78. The van der Waals surface area contributed by atoms with Crippen molar-refractivity contribution < 1.29 is 14.3 Å². The van der Waals surface area contributed by atoms with E-state index >= 15 is 0 Å². The molecule has 5 heteroatoms. The van der Waals surface area contributed by atoms with Crippen molar-refractivity contribution in [3.8, 4) is 0 Å². The summed E-state index contributed by atoms with van der Waals surface area (Å²) in [6.45, 7) is 0.809. The molecule has 20 heavy (non-hydrogen) atoms. The lowest BCUT2D eigenvalue weighted by Gasteiger charge is -2.07. The van der Waals surface area contributed by atoms with Gasteiger partial charge in [0.1, 0.15) is 5.82 Å². The zero-order valence-electron chi connectivity index (χ0n) is 10.6. The Morgan fingerprint density at radius 1 is 1.15 bits per heavy atom. The number of carboxylic acid groups (broad SMARTS) is 1. The Morgan fingerprint density at radius 3 is 2.50 bits per heavy atom. The number of nitrogens with one attached hydrogen (secondary N) is 1. The van der Waals surface area contributed by atoms with Gasteiger partial charge in [-0.25, -0.2) is 9.18 Å². The van der Waals surface area contributed by atoms with Crippen molar-refractivity contribution in [2.24, 2.45) is 0 Å². The molecule has 0 aliphatic heterocycles. The van der Waals surface area contributed by atoms with Gasteiger partial charge in [0, 0.05) is 23.7 Å². The van der Waals surface area contributed by atoms with E-state index < -0.39 is 11.8 Å². The van der Waals surface area contributed by atoms with Gasteiger partial charge in [0.25, 0.3) is 0 Å². The maximum absolute atomic E-state index is 13.6. The molecule has 0 aromatic heterocycles. The van der Waals surface area contributed by atoms with Crippen LogP contribution in [0.1, 0.15) is 21.5 Å². The summed E-state index contributed by atoms with van der Waals surface area (Å²) in [5, 5.41) is 12.6. The molecular weight excluding hydrogens is 281 g/mol. The SMILES string of the molecule is O=C(O)c1ccc(F)c(CNCc2ccc(Cl)cc2)c1. The van der Waals surface area contributed by atoms with Gasteiger partial charge < -0.3 is 10.4 Å². The maximum atomic E-state index is 13.6. The van der Waals surface area contributed by atoms with Gasteiger partial charge in [-0.1, -0.05) is 23.7 Å². The third kappa shape index (κ3) is 3.79. The Kier molecular flexibility index (Phi) is 4.71. The highest BCUT2D eigenvalue weighted by molar-refractivity contribution is 6.30. The highest BCUT2D eigenvalue weighted by Crippen LogP contribution is 2.12. The average Bonchev–Trinajstić information content (AvgIpc) is 2.43. The van der Waals surface area contributed by atoms with E-state index in [1.807, 2.05) is 12.1 Å². The molecule has 0 aliphatic carbocycles. The van der Waals surface area contributed by atoms with Crippen LogP contribution in [-0.2, 0) is 13.1 Å². The number of halogens is 2. The van der Waals surface area contributed by atoms with E-state index in [4.69, 9.17) is 16.7 Å². The van der Waals surface area contributed by atoms with E-state index in [9.17, 15) is 9.18 Å². The number of benzene rings is 2. The first-order chi connectivity index (χ1) is 9.56. The summed E-state index contributed by atoms with van der Waals surface area (Å²) in [5.74, 6) is -1.48. The monoisotopic (exact) mass is 293 g/mol. The van der Waals surface area contributed by atoms with Gasteiger partial charge in [0.2, 0.25) is 0 Å². The molecule has 0 heterocycles. The van der Waals surface area contributed by atoms with Crippen molar-refractivity contribution in [1.82, 2.24) is 5.32 Å². The average molecular weight is 294 g/mol. The Labute approximate surface area is 121 Å². The minimum absolute atomic E-state index is 0.0784. The number of rotatable bonds is 5. The van der Waals surface area contributed by atoms with Crippen LogP contribution >= 0.6 is 11.6 Å². The first-order valence-corrected chi connectivity index (χ1v) is 6.41. The van der Waals surface area contributed by atoms with E-state index in [2.05, 4.69) is 5.32 Å². The molecule has 3 nitrogen and oxygen atoms in total. The molecule has 2 aromatic rings. The zero-order chi connectivity index (χ0) is 14.5. The van der Waals surface area contributed by atoms with E-state index in [1.165, 1.54) is 18.2 Å². The van der Waals surface area contributed by atoms with E-state index in [0.717, 1.165) is 5.56 Å². The van der Waals surface area contributed by atoms with Crippen molar-refractivity contribution in [1.29, 1.82) is 0 Å². The van der Waals surface area contributed by atoms with Crippen LogP contribution in [0.3, 0.4) is 0 Å². The van der Waals surface area contributed by atoms with Crippen molar-refractivity contribution in [3.05, 3.63) is 70.0 Å². The van der Waals surface area contributed by atoms with Gasteiger partial charge in [-0.3, -0.25) is 0 Å². The van der Waals surface area contributed by atoms with Crippen molar-refractivity contribution in [2.45, 2.75) is 13.1 Å². The number of carboxylic acids is 1. The van der Waals surface area contributed by atoms with Crippen LogP contribution < -0.4 is 5.32 Å². The molecule has 0 radical (unpaired) electrons. The highest BCUT2D eigenvalue weighted by Gasteiger charge is 2.08. The largest absolute Gasteiger partial charge is 0.478 e. The molecular formula is C15H13ClFNO2. The summed E-state index contributed by atoms with van der Waals surface area (Å²) in [7, 11) is 0. The smallest absolute Gasteiger partial charge is 0.335 e. The molecule has 0 amide bonds. The van der Waals surface area contributed by atoms with E-state index in [-0.39, 0.29) is 12.1 Å². The topological polar surface area (TPSA) is 49.3 Å². The minimum Gasteiger partial charge on any atom is -0.478 e. The van der Waals surface area contributed by atoms with Gasteiger partial charge in [-0.15, -0.1) is 0 Å². The lowest BCUT2D eigenvalue weighted by molar-refractivity contribution is 0.0696. The maximum Gasteiger partial charge on any atom is 0.335 e. The van der Waals surface area contributed by atoms with Crippen LogP contribution in [0.5, 0.6) is 0 Å². The normalized spacial score (nSPS) is 10.5. The minimum atomic E-state index is -1.07. The van der Waals surface area contributed by atoms with Crippen LogP contribution in [0.15, 0.2) is 42.5 Å². The Balaban J connectivity index is 1.98. The Bertz CT molecular complexity index is 614. The predicted octanol–water partition coefficient (Wildman–Crippen LogP) is 3.47. The van der Waals surface area contributed by atoms with Crippen LogP contribution in [0.2, 0.25) is 5.02 Å². The zero-order valence-corrected chi connectivity index (χ0v) is 11.3. The Hall–Kier alpha value is -1.91. The molecule has 0 saturated heterocycles. The summed E-state index contributed by atoms with van der Waals surface area (Å²) in [4.78, 5) is 10.8. The molecule has 2 aromatic carbocycles. The van der Waals surface area contributed by atoms with Crippen LogP contribution in [0, 0.1) is 5.82 Å². The predicted molar refractivity (Wildman–Crippen MR) is 75.4 cm³/mol. The molecule has 0 bridgehead atoms. The summed E-state index contributed by atoms with van der Waals surface area (Å²) < 4.78 is 13.6. The van der Waals surface area contributed by atoms with Crippen LogP contribution in [-0.4, -0.2) is 11.1 Å². The molecule has 104 valence electrons. The third-order valence-electron chi connectivity index (χ3n) is 2.85. The molecule has 0 fully saturated rings. The van der Waals surface area contributed by atoms with Crippen LogP contribution in [0.25, 0.3) is 0 Å².